The van der Waals surface area contributed by atoms with Crippen molar-refractivity contribution in [3.8, 4) is 11.5 Å². The highest BCUT2D eigenvalue weighted by Gasteiger charge is 2.33. The van der Waals surface area contributed by atoms with Crippen molar-refractivity contribution in [1.29, 1.82) is 5.41 Å². The molecular formula is C41H51N11O8. The van der Waals surface area contributed by atoms with E-state index in [2.05, 4.69) is 47.4 Å². The van der Waals surface area contributed by atoms with Gasteiger partial charge >= 0.3 is 0 Å². The smallest absolute Gasteiger partial charge is 0.300 e. The Morgan fingerprint density at radius 3 is 1.93 bits per heavy atom. The average molecular weight is 826 g/mol. The molecule has 6 aromatic rings. The number of nitrogen functional groups attached to an aromatic ring is 2. The van der Waals surface area contributed by atoms with E-state index in [-0.39, 0.29) is 41.9 Å². The fourth-order valence-electron chi connectivity index (χ4n) is 5.26. The summed E-state index contributed by atoms with van der Waals surface area (Å²) in [5, 5.41) is 39.6. The normalized spacial score (nSPS) is 12.8. The molecule has 4 aromatic carbocycles. The van der Waals surface area contributed by atoms with Gasteiger partial charge in [-0.25, -0.2) is 9.26 Å². The number of nitrogens with two attached hydrogens (primary N) is 3. The van der Waals surface area contributed by atoms with Gasteiger partial charge in [0.2, 0.25) is 17.4 Å². The Morgan fingerprint density at radius 1 is 0.850 bits per heavy atom. The van der Waals surface area contributed by atoms with Crippen LogP contribution in [0.5, 0.6) is 11.5 Å². The maximum Gasteiger partial charge on any atom is 0.300 e. The van der Waals surface area contributed by atoms with Gasteiger partial charge in [0.1, 0.15) is 11.5 Å². The Balaban J connectivity index is 0.000000239. The molecule has 2 atom stereocenters. The van der Waals surface area contributed by atoms with Crippen molar-refractivity contribution in [1.82, 2.24) is 20.6 Å². The van der Waals surface area contributed by atoms with Crippen molar-refractivity contribution in [2.24, 2.45) is 10.7 Å². The van der Waals surface area contributed by atoms with Gasteiger partial charge in [-0.2, -0.15) is 0 Å². The molecule has 3 heterocycles. The molecule has 10 N–H and O–H groups in total. The van der Waals surface area contributed by atoms with Crippen LogP contribution in [0.2, 0.25) is 0 Å². The van der Waals surface area contributed by atoms with E-state index in [4.69, 9.17) is 56.7 Å². The molecule has 7 rings (SSSR count). The minimum absolute atomic E-state index is 0.0314. The number of aromatic nitrogens is 4. The maximum absolute atomic E-state index is 9.00. The first-order valence-corrected chi connectivity index (χ1v) is 18.3. The zero-order valence-corrected chi connectivity index (χ0v) is 33.9. The number of para-hydroxylation sites is 4. The second kappa shape index (κ2) is 25.0. The molecule has 0 aliphatic carbocycles. The largest absolute Gasteiger partial charge is 0.495 e. The van der Waals surface area contributed by atoms with E-state index < -0.39 is 5.97 Å². The zero-order valence-electron chi connectivity index (χ0n) is 33.9. The molecule has 0 saturated heterocycles. The lowest BCUT2D eigenvalue weighted by Gasteiger charge is -2.22. The van der Waals surface area contributed by atoms with Crippen LogP contribution >= 0.6 is 0 Å². The Morgan fingerprint density at radius 2 is 1.38 bits per heavy atom. The molecule has 0 bridgehead atoms. The van der Waals surface area contributed by atoms with Crippen molar-refractivity contribution < 1.29 is 38.5 Å². The number of carboxylic acid groups (broad SMARTS) is 1. The van der Waals surface area contributed by atoms with Crippen LogP contribution < -0.4 is 36.9 Å². The van der Waals surface area contributed by atoms with Gasteiger partial charge in [-0.1, -0.05) is 84.9 Å². The van der Waals surface area contributed by atoms with Crippen LogP contribution in [0.3, 0.4) is 0 Å². The molecule has 0 amide bonds. The Labute approximate surface area is 347 Å². The summed E-state index contributed by atoms with van der Waals surface area (Å²) in [6, 6.07) is 35.7. The van der Waals surface area contributed by atoms with Gasteiger partial charge in [-0.15, -0.1) is 0 Å². The number of benzene rings is 4. The van der Waals surface area contributed by atoms with E-state index >= 15 is 0 Å². The van der Waals surface area contributed by atoms with Gasteiger partial charge in [0.15, 0.2) is 17.3 Å². The molecular weight excluding hydrogens is 775 g/mol. The Hall–Kier alpha value is -7.51. The molecule has 0 spiro atoms. The van der Waals surface area contributed by atoms with E-state index in [0.717, 1.165) is 40.9 Å². The van der Waals surface area contributed by atoms with Crippen molar-refractivity contribution in [3.63, 3.8) is 0 Å². The number of carbonyl (C=O) groups is 1. The van der Waals surface area contributed by atoms with Gasteiger partial charge in [-0.3, -0.25) is 15.2 Å². The highest BCUT2D eigenvalue weighted by Crippen LogP contribution is 2.36. The van der Waals surface area contributed by atoms with E-state index in [1.165, 1.54) is 7.11 Å². The van der Waals surface area contributed by atoms with Gasteiger partial charge in [0.05, 0.1) is 45.3 Å². The number of rotatable bonds is 10. The summed E-state index contributed by atoms with van der Waals surface area (Å²) in [7, 11) is 4.65. The third kappa shape index (κ3) is 14.1. The van der Waals surface area contributed by atoms with Crippen LogP contribution in [0.25, 0.3) is 0 Å². The number of ether oxygens (including phenoxy) is 3. The first-order chi connectivity index (χ1) is 29.0. The number of anilines is 4. The van der Waals surface area contributed by atoms with Gasteiger partial charge in [0.25, 0.3) is 5.97 Å². The number of aliphatic hydroxyl groups excluding tert-OH is 1. The number of methoxy groups -OCH3 is 3. The second-order valence-electron chi connectivity index (χ2n) is 12.1. The number of nitrogens with zero attached hydrogens (tertiary/aromatic N) is 6. The number of nitrogens with one attached hydrogen (secondary N) is 2. The van der Waals surface area contributed by atoms with Crippen molar-refractivity contribution in [2.75, 3.05) is 62.7 Å². The summed E-state index contributed by atoms with van der Waals surface area (Å²) in [6.45, 7) is 4.33. The number of hydrogen-bond acceptors (Lipinski definition) is 18. The fraction of sp³-hybridized carbons (Fsp3) is 0.244. The summed E-state index contributed by atoms with van der Waals surface area (Å²) in [4.78, 5) is 15.9. The molecule has 1 aliphatic heterocycles. The Bertz CT molecular complexity index is 2200. The predicted octanol–water partition coefficient (Wildman–Crippen LogP) is 5.19. The monoisotopic (exact) mass is 825 g/mol. The maximum atomic E-state index is 9.00. The third-order valence-corrected chi connectivity index (χ3v) is 7.96. The van der Waals surface area contributed by atoms with Crippen LogP contribution in [0.1, 0.15) is 48.4 Å². The topological polar surface area (TPSA) is 293 Å². The molecule has 1 aliphatic rings. The summed E-state index contributed by atoms with van der Waals surface area (Å²) >= 11 is 0. The van der Waals surface area contributed by atoms with Crippen LogP contribution in [0.4, 0.5) is 23.0 Å². The molecule has 2 aromatic heterocycles. The van der Waals surface area contributed by atoms with E-state index in [0.29, 0.717) is 24.6 Å². The lowest BCUT2D eigenvalue weighted by atomic mass is 10.1. The number of hydrogen-bond donors (Lipinski definition) is 7. The molecule has 0 fully saturated rings. The summed E-state index contributed by atoms with van der Waals surface area (Å²) < 4.78 is 24.3. The minimum atomic E-state index is -0.833. The SMILES string of the molecule is CC(=O)O.CCO.COC(=N)c1nonc1N.COc1ccccc1N1CC(c2ccccc2)N=C1c1nonc1N.COc1ccccc1NCC(N)c1ccccc1. The van der Waals surface area contributed by atoms with Gasteiger partial charge < -0.3 is 51.8 Å². The van der Waals surface area contributed by atoms with Crippen LogP contribution in [0, 0.1) is 5.41 Å². The van der Waals surface area contributed by atoms with E-state index in [9.17, 15) is 0 Å². The molecule has 19 heteroatoms. The number of carboxylic acids is 1. The molecule has 19 nitrogen and oxygen atoms in total. The highest BCUT2D eigenvalue weighted by molar-refractivity contribution is 6.13. The van der Waals surface area contributed by atoms with E-state index in [1.807, 2.05) is 102 Å². The predicted molar refractivity (Wildman–Crippen MR) is 228 cm³/mol. The van der Waals surface area contributed by atoms with Crippen molar-refractivity contribution >= 4 is 40.7 Å². The van der Waals surface area contributed by atoms with Crippen molar-refractivity contribution in [3.05, 3.63) is 132 Å². The van der Waals surface area contributed by atoms with Gasteiger partial charge in [-0.05, 0) is 62.9 Å². The molecule has 318 valence electrons. The number of amidine groups is 1. The first kappa shape index (κ1) is 46.9. The fourth-order valence-corrected chi connectivity index (χ4v) is 5.26. The van der Waals surface area contributed by atoms with Crippen LogP contribution in [-0.4, -0.2) is 89.6 Å². The van der Waals surface area contributed by atoms with Crippen LogP contribution in [-0.2, 0) is 9.53 Å². The quantitative estimate of drug-likeness (QED) is 0.0691. The molecule has 0 radical (unpaired) electrons. The lowest BCUT2D eigenvalue weighted by molar-refractivity contribution is -0.134. The van der Waals surface area contributed by atoms with E-state index in [1.54, 1.807) is 21.1 Å². The first-order valence-electron chi connectivity index (χ1n) is 18.3. The number of aliphatic hydroxyl groups is 1. The molecule has 60 heavy (non-hydrogen) atoms. The summed E-state index contributed by atoms with van der Waals surface area (Å²) in [5.74, 6) is 1.49. The summed E-state index contributed by atoms with van der Waals surface area (Å²) in [5.41, 5.74) is 21.9. The summed E-state index contributed by atoms with van der Waals surface area (Å²) in [6.07, 6.45) is 0. The number of aliphatic carboxylic acids is 1. The zero-order chi connectivity index (χ0) is 43.9. The Kier molecular flexibility index (Phi) is 19.5. The third-order valence-electron chi connectivity index (χ3n) is 7.96. The molecule has 2 unspecified atom stereocenters. The standard InChI is InChI=1S/C18H17N5O2.C15H18N2O.C4H6N4O2.C2H4O2.C2H6O/c1-24-15-10-6-5-9-14(15)23-11-13(12-7-3-2-4-8-12)20-18(23)16-17(19)22-25-21-16;1-18-15-10-6-5-9-14(15)17-11-13(16)12-7-3-2-4-8-12;1-9-4(6)2-3(5)8-10-7-2;1-2(3)4;1-2-3/h2-10,13H,11H2,1H3,(H2,19,22);2-10,13,17H,11,16H2,1H3;6H,1H3,(H2,5,8);1H3,(H,3,4);3H,2H2,1H3. The average Bonchev–Trinajstić information content (AvgIpc) is 4.03. The lowest BCUT2D eigenvalue weighted by Crippen LogP contribution is -2.29. The second-order valence-corrected chi connectivity index (χ2v) is 12.1. The minimum Gasteiger partial charge on any atom is -0.495 e. The highest BCUT2D eigenvalue weighted by atomic mass is 16.6. The molecule has 0 saturated carbocycles. The van der Waals surface area contributed by atoms with Crippen LogP contribution in [0.15, 0.2) is 123 Å². The number of aliphatic imine (C=N–C) groups is 1. The van der Waals surface area contributed by atoms with Gasteiger partial charge in [0, 0.05) is 26.1 Å². The van der Waals surface area contributed by atoms with Crippen molar-refractivity contribution in [2.45, 2.75) is 25.9 Å².